The first-order valence-corrected chi connectivity index (χ1v) is 9.56. The summed E-state index contributed by atoms with van der Waals surface area (Å²) in [7, 11) is -7.66. The molecule has 0 unspecified atom stereocenters. The number of hydrogen-bond donors (Lipinski definition) is 3. The van der Waals surface area contributed by atoms with Gasteiger partial charge in [-0.25, -0.2) is 26.7 Å². The third-order valence-electron chi connectivity index (χ3n) is 1.98. The normalized spacial score (nSPS) is 12.6. The molecule has 0 saturated heterocycles. The molecule has 0 radical (unpaired) electrons. The molecule has 0 aliphatic heterocycles. The van der Waals surface area contributed by atoms with Gasteiger partial charge in [0.25, 0.3) is 0 Å². The van der Waals surface area contributed by atoms with E-state index in [4.69, 9.17) is 10.9 Å². The zero-order valence-electron chi connectivity index (χ0n) is 9.43. The van der Waals surface area contributed by atoms with Crippen molar-refractivity contribution in [3.8, 4) is 0 Å². The van der Waals surface area contributed by atoms with Gasteiger partial charge in [-0.15, -0.1) is 0 Å². The Balaban J connectivity index is 3.02. The first-order valence-electron chi connectivity index (χ1n) is 4.77. The first kappa shape index (κ1) is 16.9. The number of anilines is 1. The largest absolute Gasteiger partial charge is 0.398 e. The van der Waals surface area contributed by atoms with Crippen molar-refractivity contribution in [2.24, 2.45) is 5.14 Å². The van der Waals surface area contributed by atoms with Crippen LogP contribution in [0.1, 0.15) is 0 Å². The molecule has 0 aromatic heterocycles. The molecule has 0 aliphatic carbocycles. The topological polar surface area (TPSA) is 132 Å². The molecule has 7 nitrogen and oxygen atoms in total. The average molecular weight is 437 g/mol. The molecule has 0 amide bonds. The van der Waals surface area contributed by atoms with E-state index in [-0.39, 0.29) is 21.6 Å². The maximum Gasteiger partial charge on any atom is 0.243 e. The predicted octanol–water partition coefficient (Wildman–Crippen LogP) is 0.361. The van der Waals surface area contributed by atoms with Crippen molar-refractivity contribution in [3.05, 3.63) is 21.1 Å². The van der Waals surface area contributed by atoms with Gasteiger partial charge in [0, 0.05) is 15.5 Å². The standard InChI is InChI=1S/C8H11Br2N3O4S2/c9-5-3-6(10)8(7(11)4-5)19(16,17)13-1-2-18(12,14)15/h3-4,13H,1-2,11H2,(H2,12,14,15). The van der Waals surface area contributed by atoms with Gasteiger partial charge < -0.3 is 5.73 Å². The molecule has 0 saturated carbocycles. The lowest BCUT2D eigenvalue weighted by atomic mass is 10.3. The molecule has 108 valence electrons. The molecule has 0 fully saturated rings. The lowest BCUT2D eigenvalue weighted by Crippen LogP contribution is -2.32. The number of halogens is 2. The molecule has 0 aliphatic rings. The summed E-state index contributed by atoms with van der Waals surface area (Å²) >= 11 is 6.26. The van der Waals surface area contributed by atoms with Gasteiger partial charge in [0.2, 0.25) is 20.0 Å². The van der Waals surface area contributed by atoms with E-state index < -0.39 is 25.8 Å². The second-order valence-corrected chi connectivity index (χ2v) is 8.78. The van der Waals surface area contributed by atoms with Crippen molar-refractivity contribution in [3.63, 3.8) is 0 Å². The van der Waals surface area contributed by atoms with Crippen LogP contribution in [0.25, 0.3) is 0 Å². The predicted molar refractivity (Wildman–Crippen MR) is 79.4 cm³/mol. The van der Waals surface area contributed by atoms with Crippen molar-refractivity contribution >= 4 is 57.6 Å². The first-order chi connectivity index (χ1) is 8.53. The number of primary sulfonamides is 1. The van der Waals surface area contributed by atoms with Gasteiger partial charge >= 0.3 is 0 Å². The Hall–Kier alpha value is -0.200. The monoisotopic (exact) mass is 435 g/mol. The molecule has 11 heteroatoms. The number of benzene rings is 1. The van der Waals surface area contributed by atoms with Crippen LogP contribution in [0.3, 0.4) is 0 Å². The Kier molecular flexibility index (Phi) is 5.37. The molecule has 0 bridgehead atoms. The number of rotatable bonds is 5. The Morgan fingerprint density at radius 3 is 2.21 bits per heavy atom. The Morgan fingerprint density at radius 2 is 1.74 bits per heavy atom. The molecule has 1 aromatic rings. The zero-order valence-corrected chi connectivity index (χ0v) is 14.2. The van der Waals surface area contributed by atoms with E-state index in [0.717, 1.165) is 0 Å². The quantitative estimate of drug-likeness (QED) is 0.573. The van der Waals surface area contributed by atoms with Gasteiger partial charge in [0.05, 0.1) is 11.4 Å². The van der Waals surface area contributed by atoms with E-state index >= 15 is 0 Å². The van der Waals surface area contributed by atoms with Crippen molar-refractivity contribution in [1.82, 2.24) is 4.72 Å². The highest BCUT2D eigenvalue weighted by Crippen LogP contribution is 2.31. The van der Waals surface area contributed by atoms with Crippen LogP contribution in [0, 0.1) is 0 Å². The summed E-state index contributed by atoms with van der Waals surface area (Å²) in [4.78, 5) is -0.148. The summed E-state index contributed by atoms with van der Waals surface area (Å²) in [6.45, 7) is -0.330. The molecule has 0 spiro atoms. The van der Waals surface area contributed by atoms with Crippen molar-refractivity contribution < 1.29 is 16.8 Å². The van der Waals surface area contributed by atoms with Crippen LogP contribution in [0.4, 0.5) is 5.69 Å². The zero-order chi connectivity index (χ0) is 14.8. The maximum absolute atomic E-state index is 12.0. The lowest BCUT2D eigenvalue weighted by molar-refractivity contribution is 0.581. The molecule has 5 N–H and O–H groups in total. The van der Waals surface area contributed by atoms with Gasteiger partial charge in [0.1, 0.15) is 4.90 Å². The fourth-order valence-corrected chi connectivity index (χ4v) is 4.87. The fraction of sp³-hybridized carbons (Fsp3) is 0.250. The highest BCUT2D eigenvalue weighted by molar-refractivity contribution is 9.11. The third kappa shape index (κ3) is 5.00. The number of hydrogen-bond acceptors (Lipinski definition) is 5. The van der Waals surface area contributed by atoms with Gasteiger partial charge in [-0.2, -0.15) is 0 Å². The van der Waals surface area contributed by atoms with Crippen molar-refractivity contribution in [1.29, 1.82) is 0 Å². The number of nitrogens with one attached hydrogen (secondary N) is 1. The van der Waals surface area contributed by atoms with Crippen molar-refractivity contribution in [2.45, 2.75) is 4.90 Å². The van der Waals surface area contributed by atoms with Crippen LogP contribution in [-0.4, -0.2) is 29.1 Å². The van der Waals surface area contributed by atoms with Crippen LogP contribution in [0.15, 0.2) is 26.0 Å². The average Bonchev–Trinajstić information content (AvgIpc) is 2.11. The van der Waals surface area contributed by atoms with Gasteiger partial charge in [-0.1, -0.05) is 15.9 Å². The molecule has 0 heterocycles. The van der Waals surface area contributed by atoms with E-state index in [1.54, 1.807) is 0 Å². The highest BCUT2D eigenvalue weighted by atomic mass is 79.9. The third-order valence-corrected chi connectivity index (χ3v) is 5.68. The minimum absolute atomic E-state index is 0.0318. The second-order valence-electron chi connectivity index (χ2n) is 3.57. The summed E-state index contributed by atoms with van der Waals surface area (Å²) in [5.41, 5.74) is 5.68. The van der Waals surface area contributed by atoms with Crippen LogP contribution < -0.4 is 15.6 Å². The van der Waals surface area contributed by atoms with Gasteiger partial charge in [-0.3, -0.25) is 0 Å². The number of sulfonamides is 2. The van der Waals surface area contributed by atoms with Crippen LogP contribution in [-0.2, 0) is 20.0 Å². The van der Waals surface area contributed by atoms with E-state index in [1.165, 1.54) is 12.1 Å². The fourth-order valence-electron chi connectivity index (χ4n) is 1.25. The smallest absolute Gasteiger partial charge is 0.243 e. The molecule has 1 aromatic carbocycles. The van der Waals surface area contributed by atoms with Crippen molar-refractivity contribution in [2.75, 3.05) is 18.0 Å². The molecular weight excluding hydrogens is 426 g/mol. The summed E-state index contributed by atoms with van der Waals surface area (Å²) in [5.74, 6) is -0.500. The summed E-state index contributed by atoms with van der Waals surface area (Å²) in [6.07, 6.45) is 0. The number of nitrogen functional groups attached to an aromatic ring is 1. The lowest BCUT2D eigenvalue weighted by Gasteiger charge is -2.11. The maximum atomic E-state index is 12.0. The van der Waals surface area contributed by atoms with E-state index in [9.17, 15) is 16.8 Å². The highest BCUT2D eigenvalue weighted by Gasteiger charge is 2.21. The van der Waals surface area contributed by atoms with Crippen LogP contribution in [0.5, 0.6) is 0 Å². The number of nitrogens with two attached hydrogens (primary N) is 2. The second kappa shape index (κ2) is 6.06. The van der Waals surface area contributed by atoms with Crippen LogP contribution in [0.2, 0.25) is 0 Å². The summed E-state index contributed by atoms with van der Waals surface area (Å²) in [6, 6.07) is 2.95. The minimum Gasteiger partial charge on any atom is -0.398 e. The molecular formula is C8H11Br2N3O4S2. The molecule has 1 rings (SSSR count). The van der Waals surface area contributed by atoms with E-state index in [1.807, 2.05) is 0 Å². The van der Waals surface area contributed by atoms with Gasteiger partial charge in [-0.05, 0) is 28.1 Å². The Bertz CT molecular complexity index is 665. The minimum atomic E-state index is -3.92. The Labute approximate surface area is 128 Å². The summed E-state index contributed by atoms with van der Waals surface area (Å²) < 4.78 is 48.5. The van der Waals surface area contributed by atoms with E-state index in [0.29, 0.717) is 4.47 Å². The SMILES string of the molecule is Nc1cc(Br)cc(Br)c1S(=O)(=O)NCCS(N)(=O)=O. The van der Waals surface area contributed by atoms with Crippen LogP contribution >= 0.6 is 31.9 Å². The summed E-state index contributed by atoms with van der Waals surface area (Å²) in [5, 5.41) is 4.78. The van der Waals surface area contributed by atoms with Gasteiger partial charge in [0.15, 0.2) is 0 Å². The molecule has 0 atom stereocenters. The van der Waals surface area contributed by atoms with E-state index in [2.05, 4.69) is 36.6 Å². The molecule has 19 heavy (non-hydrogen) atoms. The Morgan fingerprint density at radius 1 is 1.16 bits per heavy atom.